The van der Waals surface area contributed by atoms with Gasteiger partial charge in [-0.3, -0.25) is 0 Å². The van der Waals surface area contributed by atoms with Crippen molar-refractivity contribution in [2.24, 2.45) is 5.92 Å². The third-order valence-electron chi connectivity index (χ3n) is 1.80. The lowest BCUT2D eigenvalue weighted by Gasteiger charge is -2.05. The predicted octanol–water partition coefficient (Wildman–Crippen LogP) is 0.418. The summed E-state index contributed by atoms with van der Waals surface area (Å²) < 4.78 is 0.798. The lowest BCUT2D eigenvalue weighted by Crippen LogP contribution is -2.23. The van der Waals surface area contributed by atoms with Crippen molar-refractivity contribution >= 4 is 17.9 Å². The number of carbonyl (C=O) groups excluding carboxylic acids is 1. The summed E-state index contributed by atoms with van der Waals surface area (Å²) in [6.07, 6.45) is 5.56. The van der Waals surface area contributed by atoms with Crippen molar-refractivity contribution in [1.29, 1.82) is 0 Å². The summed E-state index contributed by atoms with van der Waals surface area (Å²) in [6, 6.07) is -0.381. The zero-order chi connectivity index (χ0) is 10.6. The molecule has 2 unspecified atom stereocenters. The first-order chi connectivity index (χ1) is 6.65. The molecule has 5 heteroatoms. The molecule has 0 N–H and O–H groups in total. The first-order valence-corrected chi connectivity index (χ1v) is 4.80. The van der Waals surface area contributed by atoms with Crippen LogP contribution in [0.25, 0.3) is 0 Å². The summed E-state index contributed by atoms with van der Waals surface area (Å²) in [7, 11) is 0. The Morgan fingerprint density at radius 3 is 2.86 bits per heavy atom. The first kappa shape index (κ1) is 10.7. The van der Waals surface area contributed by atoms with Gasteiger partial charge in [-0.2, -0.15) is 0 Å². The van der Waals surface area contributed by atoms with E-state index in [9.17, 15) is 14.8 Å². The van der Waals surface area contributed by atoms with Crippen LogP contribution >= 0.6 is 11.9 Å². The summed E-state index contributed by atoms with van der Waals surface area (Å²) in [5.74, 6) is -1.58. The monoisotopic (exact) mass is 211 g/mol. The normalized spacial score (nSPS) is 22.9. The number of carboxylic acid groups (broad SMARTS) is 1. The van der Waals surface area contributed by atoms with Gasteiger partial charge in [0.2, 0.25) is 18.0 Å². The number of hydrogen-bond acceptors (Lipinski definition) is 4. The molecular weight excluding hydrogens is 202 g/mol. The number of carbonyl (C=O) groups is 1. The SMILES string of the molecule is C=CC(C=CC(=O)[O-])C1C=CS[N+]1=O. The average Bonchev–Trinajstić information content (AvgIpc) is 2.53. The van der Waals surface area contributed by atoms with Crippen molar-refractivity contribution in [3.05, 3.63) is 41.2 Å². The smallest absolute Gasteiger partial charge is 0.246 e. The minimum atomic E-state index is -1.27. The van der Waals surface area contributed by atoms with E-state index in [1.54, 1.807) is 11.5 Å². The molecule has 2 atom stereocenters. The number of carboxylic acids is 1. The van der Waals surface area contributed by atoms with Gasteiger partial charge in [0.25, 0.3) is 0 Å². The van der Waals surface area contributed by atoms with Crippen molar-refractivity contribution in [3.63, 3.8) is 0 Å². The van der Waals surface area contributed by atoms with Crippen LogP contribution in [-0.2, 0) is 4.79 Å². The van der Waals surface area contributed by atoms with Gasteiger partial charge in [-0.25, -0.2) is 0 Å². The Balaban J connectivity index is 2.71. The lowest BCUT2D eigenvalue weighted by molar-refractivity contribution is -0.406. The van der Waals surface area contributed by atoms with Crippen LogP contribution in [0.15, 0.2) is 36.3 Å². The van der Waals surface area contributed by atoms with Gasteiger partial charge in [-0.1, -0.05) is 12.2 Å². The van der Waals surface area contributed by atoms with Crippen LogP contribution in [0.5, 0.6) is 0 Å². The molecule has 0 saturated carbocycles. The number of rotatable bonds is 4. The van der Waals surface area contributed by atoms with Crippen LogP contribution < -0.4 is 5.11 Å². The largest absolute Gasteiger partial charge is 0.545 e. The van der Waals surface area contributed by atoms with Gasteiger partial charge in [-0.05, 0) is 6.08 Å². The maximum Gasteiger partial charge on any atom is 0.246 e. The van der Waals surface area contributed by atoms with E-state index in [1.807, 2.05) is 0 Å². The van der Waals surface area contributed by atoms with Gasteiger partial charge >= 0.3 is 0 Å². The maximum absolute atomic E-state index is 11.2. The Bertz CT molecular complexity index is 322. The first-order valence-electron chi connectivity index (χ1n) is 3.96. The van der Waals surface area contributed by atoms with Gasteiger partial charge in [0, 0.05) is 16.4 Å². The highest BCUT2D eigenvalue weighted by Gasteiger charge is 2.34. The fourth-order valence-corrected chi connectivity index (χ4v) is 1.81. The van der Waals surface area contributed by atoms with Crippen molar-refractivity contribution in [2.75, 3.05) is 0 Å². The third-order valence-corrected chi connectivity index (χ3v) is 2.54. The molecule has 4 nitrogen and oxygen atoms in total. The molecule has 0 saturated heterocycles. The van der Waals surface area contributed by atoms with Crippen molar-refractivity contribution in [1.82, 2.24) is 0 Å². The van der Waals surface area contributed by atoms with E-state index >= 15 is 0 Å². The molecule has 0 aliphatic carbocycles. The topological polar surface area (TPSA) is 60.2 Å². The Morgan fingerprint density at radius 2 is 2.43 bits per heavy atom. The van der Waals surface area contributed by atoms with E-state index in [4.69, 9.17) is 0 Å². The van der Waals surface area contributed by atoms with Gasteiger partial charge in [-0.15, -0.1) is 6.58 Å². The van der Waals surface area contributed by atoms with Gasteiger partial charge in [0.15, 0.2) is 0 Å². The molecule has 0 aromatic carbocycles. The van der Waals surface area contributed by atoms with Crippen LogP contribution in [0.3, 0.4) is 0 Å². The number of nitrogens with zero attached hydrogens (tertiary/aromatic N) is 1. The molecule has 0 radical (unpaired) electrons. The molecule has 0 amide bonds. The quantitative estimate of drug-likeness (QED) is 0.292. The molecule has 0 spiro atoms. The second-order valence-corrected chi connectivity index (χ2v) is 3.54. The number of hydrogen-bond donors (Lipinski definition) is 0. The molecule has 74 valence electrons. The molecule has 1 aliphatic heterocycles. The van der Waals surface area contributed by atoms with E-state index in [-0.39, 0.29) is 12.0 Å². The van der Waals surface area contributed by atoms with Gasteiger partial charge in [0.1, 0.15) is 0 Å². The van der Waals surface area contributed by atoms with E-state index < -0.39 is 5.97 Å². The van der Waals surface area contributed by atoms with E-state index in [2.05, 4.69) is 6.58 Å². The van der Waals surface area contributed by atoms with Crippen molar-refractivity contribution in [3.8, 4) is 0 Å². The molecule has 0 fully saturated rings. The minimum Gasteiger partial charge on any atom is -0.545 e. The lowest BCUT2D eigenvalue weighted by atomic mass is 10.0. The summed E-state index contributed by atoms with van der Waals surface area (Å²) in [5.41, 5.74) is 0. The molecule has 14 heavy (non-hydrogen) atoms. The van der Waals surface area contributed by atoms with Crippen LogP contribution in [0.2, 0.25) is 0 Å². The summed E-state index contributed by atoms with van der Waals surface area (Å²) in [6.45, 7) is 3.54. The van der Waals surface area contributed by atoms with Gasteiger partial charge < -0.3 is 9.90 Å². The second-order valence-electron chi connectivity index (χ2n) is 2.70. The van der Waals surface area contributed by atoms with Crippen molar-refractivity contribution in [2.45, 2.75) is 6.04 Å². The minimum absolute atomic E-state index is 0.309. The Kier molecular flexibility index (Phi) is 3.64. The summed E-state index contributed by atoms with van der Waals surface area (Å²) >= 11 is 1.04. The van der Waals surface area contributed by atoms with E-state index in [0.717, 1.165) is 22.2 Å². The summed E-state index contributed by atoms with van der Waals surface area (Å²) in [4.78, 5) is 21.4. The molecule has 1 heterocycles. The third kappa shape index (κ3) is 2.56. The molecule has 0 bridgehead atoms. The highest BCUT2D eigenvalue weighted by Crippen LogP contribution is 2.25. The van der Waals surface area contributed by atoms with Crippen LogP contribution in [0, 0.1) is 10.8 Å². The standard InChI is InChI=1S/C9H9NO3S/c1-2-7(3-4-9(11)12)8-5-6-14-10(8)13/h2-8H,1H2. The maximum atomic E-state index is 11.2. The highest BCUT2D eigenvalue weighted by molar-refractivity contribution is 7.96. The van der Waals surface area contributed by atoms with Crippen LogP contribution in [-0.4, -0.2) is 16.2 Å². The molecule has 0 aromatic rings. The number of nitroso groups, excluding NO2 is 1. The van der Waals surface area contributed by atoms with Crippen molar-refractivity contribution < 1.29 is 14.1 Å². The van der Waals surface area contributed by atoms with E-state index in [0.29, 0.717) is 0 Å². The summed E-state index contributed by atoms with van der Waals surface area (Å²) in [5, 5.41) is 11.8. The predicted molar refractivity (Wildman–Crippen MR) is 52.0 cm³/mol. The highest BCUT2D eigenvalue weighted by atomic mass is 32.2. The molecule has 1 rings (SSSR count). The molecule has 1 aliphatic rings. The fraction of sp³-hybridized carbons (Fsp3) is 0.222. The average molecular weight is 211 g/mol. The fourth-order valence-electron chi connectivity index (χ4n) is 1.11. The van der Waals surface area contributed by atoms with Crippen LogP contribution in [0.1, 0.15) is 0 Å². The Morgan fingerprint density at radius 1 is 1.71 bits per heavy atom. The molecular formula is C9H9NO3S. The zero-order valence-corrected chi connectivity index (χ0v) is 8.15. The van der Waals surface area contributed by atoms with Gasteiger partial charge in [0.05, 0.1) is 16.1 Å². The second kappa shape index (κ2) is 4.76. The van der Waals surface area contributed by atoms with E-state index in [1.165, 1.54) is 12.2 Å². The zero-order valence-electron chi connectivity index (χ0n) is 7.33. The molecule has 0 aromatic heterocycles. The Labute approximate surface area is 85.7 Å². The Hall–Kier alpha value is -1.36. The van der Waals surface area contributed by atoms with Crippen LogP contribution in [0.4, 0.5) is 0 Å². The number of aliphatic carboxylic acids is 1.